The van der Waals surface area contributed by atoms with E-state index in [-0.39, 0.29) is 18.4 Å². The summed E-state index contributed by atoms with van der Waals surface area (Å²) < 4.78 is 0. The molecule has 27 heavy (non-hydrogen) atoms. The SMILES string of the molecule is Cc1cccc(NC(=O)CNc2ccccc2C(=O)Nc2ccccc2)c1. The van der Waals surface area contributed by atoms with Gasteiger partial charge in [-0.05, 0) is 48.9 Å². The predicted octanol–water partition coefficient (Wildman–Crippen LogP) is 4.30. The fraction of sp³-hybridized carbons (Fsp3) is 0.0909. The molecule has 5 heteroatoms. The Hall–Kier alpha value is -3.60. The monoisotopic (exact) mass is 359 g/mol. The van der Waals surface area contributed by atoms with Crippen LogP contribution in [0.4, 0.5) is 17.1 Å². The zero-order chi connectivity index (χ0) is 19.1. The van der Waals surface area contributed by atoms with Gasteiger partial charge in [-0.3, -0.25) is 9.59 Å². The molecule has 3 aromatic rings. The molecule has 2 amide bonds. The van der Waals surface area contributed by atoms with E-state index in [0.717, 1.165) is 16.9 Å². The van der Waals surface area contributed by atoms with E-state index in [2.05, 4.69) is 16.0 Å². The van der Waals surface area contributed by atoms with Crippen LogP contribution in [0.1, 0.15) is 15.9 Å². The molecule has 3 aromatic carbocycles. The van der Waals surface area contributed by atoms with Gasteiger partial charge in [-0.2, -0.15) is 0 Å². The van der Waals surface area contributed by atoms with Crippen molar-refractivity contribution in [2.24, 2.45) is 0 Å². The third-order valence-corrected chi connectivity index (χ3v) is 3.94. The van der Waals surface area contributed by atoms with Crippen molar-refractivity contribution in [2.45, 2.75) is 6.92 Å². The van der Waals surface area contributed by atoms with Gasteiger partial charge < -0.3 is 16.0 Å². The molecule has 0 spiro atoms. The summed E-state index contributed by atoms with van der Waals surface area (Å²) >= 11 is 0. The third-order valence-electron chi connectivity index (χ3n) is 3.94. The lowest BCUT2D eigenvalue weighted by atomic mass is 10.1. The van der Waals surface area contributed by atoms with E-state index in [9.17, 15) is 9.59 Å². The van der Waals surface area contributed by atoms with Crippen molar-refractivity contribution < 1.29 is 9.59 Å². The third kappa shape index (κ3) is 5.19. The largest absolute Gasteiger partial charge is 0.376 e. The summed E-state index contributed by atoms with van der Waals surface area (Å²) in [5.74, 6) is -0.415. The van der Waals surface area contributed by atoms with Crippen molar-refractivity contribution in [2.75, 3.05) is 22.5 Å². The first-order valence-corrected chi connectivity index (χ1v) is 8.67. The summed E-state index contributed by atoms with van der Waals surface area (Å²) in [7, 11) is 0. The van der Waals surface area contributed by atoms with Gasteiger partial charge in [0.25, 0.3) is 5.91 Å². The Morgan fingerprint density at radius 3 is 2.26 bits per heavy atom. The Morgan fingerprint density at radius 1 is 0.778 bits per heavy atom. The quantitative estimate of drug-likeness (QED) is 0.615. The first kappa shape index (κ1) is 18.2. The molecule has 0 saturated heterocycles. The van der Waals surface area contributed by atoms with Gasteiger partial charge in [0.1, 0.15) is 0 Å². The number of amides is 2. The number of nitrogens with one attached hydrogen (secondary N) is 3. The average molecular weight is 359 g/mol. The number of carbonyl (C=O) groups is 2. The molecule has 0 radical (unpaired) electrons. The van der Waals surface area contributed by atoms with Gasteiger partial charge in [0.05, 0.1) is 12.1 Å². The average Bonchev–Trinajstić information content (AvgIpc) is 2.67. The minimum atomic E-state index is -0.233. The van der Waals surface area contributed by atoms with Crippen LogP contribution in [0.15, 0.2) is 78.9 Å². The zero-order valence-electron chi connectivity index (χ0n) is 15.0. The maximum Gasteiger partial charge on any atom is 0.257 e. The summed E-state index contributed by atoms with van der Waals surface area (Å²) in [6.45, 7) is 2.03. The van der Waals surface area contributed by atoms with Crippen LogP contribution in [-0.4, -0.2) is 18.4 Å². The minimum absolute atomic E-state index is 0.0591. The van der Waals surface area contributed by atoms with Crippen LogP contribution in [0.25, 0.3) is 0 Å². The lowest BCUT2D eigenvalue weighted by molar-refractivity contribution is -0.114. The molecule has 0 unspecified atom stereocenters. The van der Waals surface area contributed by atoms with Crippen molar-refractivity contribution in [1.29, 1.82) is 0 Å². The minimum Gasteiger partial charge on any atom is -0.376 e. The highest BCUT2D eigenvalue weighted by atomic mass is 16.2. The van der Waals surface area contributed by atoms with E-state index in [1.54, 1.807) is 18.2 Å². The van der Waals surface area contributed by atoms with Crippen molar-refractivity contribution in [1.82, 2.24) is 0 Å². The van der Waals surface area contributed by atoms with Gasteiger partial charge in [0.2, 0.25) is 5.91 Å². The number of benzene rings is 3. The highest BCUT2D eigenvalue weighted by Gasteiger charge is 2.12. The molecular weight excluding hydrogens is 338 g/mol. The van der Waals surface area contributed by atoms with Gasteiger partial charge >= 0.3 is 0 Å². The van der Waals surface area contributed by atoms with E-state index in [4.69, 9.17) is 0 Å². The summed E-state index contributed by atoms with van der Waals surface area (Å²) in [6, 6.07) is 24.0. The summed E-state index contributed by atoms with van der Waals surface area (Å²) in [6.07, 6.45) is 0. The number of para-hydroxylation sites is 2. The molecule has 3 rings (SSSR count). The summed E-state index contributed by atoms with van der Waals surface area (Å²) in [4.78, 5) is 24.8. The van der Waals surface area contributed by atoms with Crippen LogP contribution in [0.2, 0.25) is 0 Å². The van der Waals surface area contributed by atoms with Crippen molar-refractivity contribution in [3.05, 3.63) is 90.0 Å². The molecule has 0 atom stereocenters. The van der Waals surface area contributed by atoms with E-state index >= 15 is 0 Å². The van der Waals surface area contributed by atoms with E-state index < -0.39 is 0 Å². The second-order valence-electron chi connectivity index (χ2n) is 6.14. The molecule has 0 bridgehead atoms. The first-order valence-electron chi connectivity index (χ1n) is 8.67. The lowest BCUT2D eigenvalue weighted by Gasteiger charge is -2.12. The van der Waals surface area contributed by atoms with Crippen LogP contribution in [0.3, 0.4) is 0 Å². The smallest absolute Gasteiger partial charge is 0.257 e. The number of aryl methyl sites for hydroxylation is 1. The zero-order valence-corrected chi connectivity index (χ0v) is 15.0. The molecular formula is C22H21N3O2. The van der Waals surface area contributed by atoms with Gasteiger partial charge in [-0.25, -0.2) is 0 Å². The highest BCUT2D eigenvalue weighted by molar-refractivity contribution is 6.08. The van der Waals surface area contributed by atoms with E-state index in [0.29, 0.717) is 11.3 Å². The Bertz CT molecular complexity index is 939. The Labute approximate surface area is 158 Å². The van der Waals surface area contributed by atoms with Crippen molar-refractivity contribution >= 4 is 28.9 Å². The summed E-state index contributed by atoms with van der Waals surface area (Å²) in [5, 5.41) is 8.73. The fourth-order valence-electron chi connectivity index (χ4n) is 2.66. The number of carbonyl (C=O) groups excluding carboxylic acids is 2. The second kappa shape index (κ2) is 8.67. The van der Waals surface area contributed by atoms with E-state index in [1.807, 2.05) is 67.6 Å². The van der Waals surface area contributed by atoms with Crippen molar-refractivity contribution in [3.63, 3.8) is 0 Å². The molecule has 3 N–H and O–H groups in total. The van der Waals surface area contributed by atoms with Gasteiger partial charge in [0.15, 0.2) is 0 Å². The van der Waals surface area contributed by atoms with Crippen LogP contribution in [-0.2, 0) is 4.79 Å². The molecule has 136 valence electrons. The topological polar surface area (TPSA) is 70.2 Å². The van der Waals surface area contributed by atoms with Crippen LogP contribution in [0.5, 0.6) is 0 Å². The molecule has 0 heterocycles. The maximum absolute atomic E-state index is 12.6. The fourth-order valence-corrected chi connectivity index (χ4v) is 2.66. The number of rotatable bonds is 6. The molecule has 0 aromatic heterocycles. The number of hydrogen-bond donors (Lipinski definition) is 3. The Kier molecular flexibility index (Phi) is 5.84. The van der Waals surface area contributed by atoms with Gasteiger partial charge in [0, 0.05) is 17.1 Å². The molecule has 0 saturated carbocycles. The first-order chi connectivity index (χ1) is 13.1. The standard InChI is InChI=1S/C22H21N3O2/c1-16-8-7-11-18(14-16)24-21(26)15-23-20-13-6-5-12-19(20)22(27)25-17-9-3-2-4-10-17/h2-14,23H,15H2,1H3,(H,24,26)(H,25,27). The number of hydrogen-bond acceptors (Lipinski definition) is 3. The van der Waals surface area contributed by atoms with Gasteiger partial charge in [-0.15, -0.1) is 0 Å². The Balaban J connectivity index is 1.63. The second-order valence-corrected chi connectivity index (χ2v) is 6.14. The van der Waals surface area contributed by atoms with Crippen LogP contribution < -0.4 is 16.0 Å². The molecule has 5 nitrogen and oxygen atoms in total. The van der Waals surface area contributed by atoms with Gasteiger partial charge in [-0.1, -0.05) is 42.5 Å². The lowest BCUT2D eigenvalue weighted by Crippen LogP contribution is -2.23. The molecule has 0 aliphatic carbocycles. The molecule has 0 aliphatic rings. The summed E-state index contributed by atoms with van der Waals surface area (Å²) in [5.41, 5.74) is 3.62. The Morgan fingerprint density at radius 2 is 1.48 bits per heavy atom. The number of anilines is 3. The highest BCUT2D eigenvalue weighted by Crippen LogP contribution is 2.17. The molecule has 0 fully saturated rings. The van der Waals surface area contributed by atoms with Crippen LogP contribution in [0, 0.1) is 6.92 Å². The molecule has 0 aliphatic heterocycles. The van der Waals surface area contributed by atoms with Crippen molar-refractivity contribution in [3.8, 4) is 0 Å². The van der Waals surface area contributed by atoms with E-state index in [1.165, 1.54) is 0 Å². The normalized spacial score (nSPS) is 10.1. The maximum atomic E-state index is 12.6. The predicted molar refractivity (Wildman–Crippen MR) is 109 cm³/mol. The van der Waals surface area contributed by atoms with Crippen LogP contribution >= 0.6 is 0 Å².